The second-order valence-electron chi connectivity index (χ2n) is 5.93. The van der Waals surface area contributed by atoms with E-state index in [0.29, 0.717) is 23.1 Å². The van der Waals surface area contributed by atoms with Crippen molar-refractivity contribution < 1.29 is 9.53 Å². The lowest BCUT2D eigenvalue weighted by atomic mass is 10.1. The molecule has 0 atom stereocenters. The Hall–Kier alpha value is -3.12. The first-order chi connectivity index (χ1) is 13.0. The van der Waals surface area contributed by atoms with Crippen LogP contribution in [-0.2, 0) is 6.54 Å². The predicted molar refractivity (Wildman–Crippen MR) is 106 cm³/mol. The molecule has 0 unspecified atom stereocenters. The van der Waals surface area contributed by atoms with Crippen LogP contribution in [0.4, 0.5) is 11.5 Å². The number of aryl methyl sites for hydroxylation is 1. The minimum absolute atomic E-state index is 0.269. The molecule has 0 radical (unpaired) electrons. The standard InChI is InChI=1S/C20H19ClN4O2/c1-13-4-3-5-14(8-13)11-22-20(26)17-10-19(24-12-23-17)25-15-6-7-18(27-2)16(21)9-15/h3-10,12H,11H2,1-2H3,(H,22,26)(H,23,24,25). The maximum Gasteiger partial charge on any atom is 0.270 e. The highest BCUT2D eigenvalue weighted by Crippen LogP contribution is 2.28. The van der Waals surface area contributed by atoms with Gasteiger partial charge in [0.15, 0.2) is 0 Å². The molecule has 3 aromatic rings. The number of benzene rings is 2. The number of ether oxygens (including phenoxy) is 1. The van der Waals surface area contributed by atoms with Crippen LogP contribution < -0.4 is 15.4 Å². The molecule has 0 spiro atoms. The quantitative estimate of drug-likeness (QED) is 0.670. The summed E-state index contributed by atoms with van der Waals surface area (Å²) < 4.78 is 5.13. The Balaban J connectivity index is 1.67. The second kappa shape index (κ2) is 8.51. The van der Waals surface area contributed by atoms with E-state index in [4.69, 9.17) is 16.3 Å². The number of nitrogens with one attached hydrogen (secondary N) is 2. The van der Waals surface area contributed by atoms with Gasteiger partial charge >= 0.3 is 0 Å². The molecular formula is C20H19ClN4O2. The highest BCUT2D eigenvalue weighted by molar-refractivity contribution is 6.32. The zero-order chi connectivity index (χ0) is 19.2. The van der Waals surface area contributed by atoms with E-state index in [1.165, 1.54) is 6.33 Å². The number of anilines is 2. The van der Waals surface area contributed by atoms with Crippen LogP contribution in [0.3, 0.4) is 0 Å². The van der Waals surface area contributed by atoms with Crippen molar-refractivity contribution in [3.8, 4) is 5.75 Å². The van der Waals surface area contributed by atoms with E-state index in [-0.39, 0.29) is 11.6 Å². The van der Waals surface area contributed by atoms with Gasteiger partial charge in [-0.1, -0.05) is 41.4 Å². The second-order valence-corrected chi connectivity index (χ2v) is 6.34. The Kier molecular flexibility index (Phi) is 5.88. The molecule has 138 valence electrons. The molecule has 7 heteroatoms. The minimum Gasteiger partial charge on any atom is -0.495 e. The number of methoxy groups -OCH3 is 1. The van der Waals surface area contributed by atoms with Crippen LogP contribution in [-0.4, -0.2) is 23.0 Å². The molecule has 0 bridgehead atoms. The molecule has 0 aliphatic heterocycles. The van der Waals surface area contributed by atoms with Crippen molar-refractivity contribution in [3.05, 3.63) is 76.7 Å². The molecule has 0 saturated heterocycles. The van der Waals surface area contributed by atoms with Crippen LogP contribution in [0.5, 0.6) is 5.75 Å². The van der Waals surface area contributed by atoms with E-state index in [0.717, 1.165) is 16.8 Å². The Labute approximate surface area is 162 Å². The minimum atomic E-state index is -0.269. The van der Waals surface area contributed by atoms with Gasteiger partial charge in [-0.2, -0.15) is 0 Å². The van der Waals surface area contributed by atoms with Gasteiger partial charge in [0.25, 0.3) is 5.91 Å². The van der Waals surface area contributed by atoms with E-state index >= 15 is 0 Å². The Morgan fingerprint density at radius 3 is 2.74 bits per heavy atom. The lowest BCUT2D eigenvalue weighted by Crippen LogP contribution is -2.24. The van der Waals surface area contributed by atoms with Crippen molar-refractivity contribution in [1.29, 1.82) is 0 Å². The normalized spacial score (nSPS) is 10.3. The van der Waals surface area contributed by atoms with E-state index in [2.05, 4.69) is 20.6 Å². The maximum atomic E-state index is 12.4. The van der Waals surface area contributed by atoms with Crippen LogP contribution in [0.1, 0.15) is 21.6 Å². The maximum absolute atomic E-state index is 12.4. The van der Waals surface area contributed by atoms with Crippen LogP contribution in [0, 0.1) is 6.92 Å². The first-order valence-electron chi connectivity index (χ1n) is 8.31. The zero-order valence-electron chi connectivity index (χ0n) is 15.0. The fourth-order valence-electron chi connectivity index (χ4n) is 2.54. The number of hydrogen-bond acceptors (Lipinski definition) is 5. The first-order valence-corrected chi connectivity index (χ1v) is 8.69. The molecule has 0 aliphatic rings. The van der Waals surface area contributed by atoms with Crippen molar-refractivity contribution in [2.75, 3.05) is 12.4 Å². The molecule has 0 fully saturated rings. The molecule has 6 nitrogen and oxygen atoms in total. The summed E-state index contributed by atoms with van der Waals surface area (Å²) in [5, 5.41) is 6.44. The molecule has 0 saturated carbocycles. The fraction of sp³-hybridized carbons (Fsp3) is 0.150. The highest BCUT2D eigenvalue weighted by Gasteiger charge is 2.09. The van der Waals surface area contributed by atoms with Crippen molar-refractivity contribution >= 4 is 29.0 Å². The molecule has 2 aromatic carbocycles. The molecule has 0 aliphatic carbocycles. The highest BCUT2D eigenvalue weighted by atomic mass is 35.5. The molecule has 3 rings (SSSR count). The SMILES string of the molecule is COc1ccc(Nc2cc(C(=O)NCc3cccc(C)c3)ncn2)cc1Cl. The van der Waals surface area contributed by atoms with Gasteiger partial charge < -0.3 is 15.4 Å². The lowest BCUT2D eigenvalue weighted by Gasteiger charge is -2.09. The summed E-state index contributed by atoms with van der Waals surface area (Å²) in [5.74, 6) is 0.808. The largest absolute Gasteiger partial charge is 0.495 e. The summed E-state index contributed by atoms with van der Waals surface area (Å²) in [7, 11) is 1.56. The number of hydrogen-bond donors (Lipinski definition) is 2. The number of carbonyl (C=O) groups is 1. The van der Waals surface area contributed by atoms with Crippen LogP contribution in [0.15, 0.2) is 54.9 Å². The Morgan fingerprint density at radius 1 is 1.15 bits per heavy atom. The molecule has 1 amide bonds. The van der Waals surface area contributed by atoms with Crippen LogP contribution >= 0.6 is 11.6 Å². The third-order valence-electron chi connectivity index (χ3n) is 3.86. The van der Waals surface area contributed by atoms with E-state index in [1.54, 1.807) is 25.3 Å². The lowest BCUT2D eigenvalue weighted by molar-refractivity contribution is 0.0946. The Morgan fingerprint density at radius 2 is 2.00 bits per heavy atom. The van der Waals surface area contributed by atoms with Gasteiger partial charge in [0.2, 0.25) is 0 Å². The van der Waals surface area contributed by atoms with Crippen molar-refractivity contribution in [2.24, 2.45) is 0 Å². The molecule has 27 heavy (non-hydrogen) atoms. The topological polar surface area (TPSA) is 76.1 Å². The molecular weight excluding hydrogens is 364 g/mol. The van der Waals surface area contributed by atoms with Crippen molar-refractivity contribution in [1.82, 2.24) is 15.3 Å². The van der Waals surface area contributed by atoms with Crippen LogP contribution in [0.2, 0.25) is 5.02 Å². The smallest absolute Gasteiger partial charge is 0.270 e. The number of nitrogens with zero attached hydrogens (tertiary/aromatic N) is 2. The average Bonchev–Trinajstić information content (AvgIpc) is 2.66. The van der Waals surface area contributed by atoms with Gasteiger partial charge in [-0.05, 0) is 30.7 Å². The predicted octanol–water partition coefficient (Wildman–Crippen LogP) is 4.12. The number of rotatable bonds is 6. The molecule has 1 heterocycles. The van der Waals surface area contributed by atoms with Gasteiger partial charge in [0, 0.05) is 18.3 Å². The summed E-state index contributed by atoms with van der Waals surface area (Å²) in [5.41, 5.74) is 3.18. The van der Waals surface area contributed by atoms with Crippen molar-refractivity contribution in [3.63, 3.8) is 0 Å². The van der Waals surface area contributed by atoms with E-state index < -0.39 is 0 Å². The van der Waals surface area contributed by atoms with Gasteiger partial charge in [-0.25, -0.2) is 9.97 Å². The fourth-order valence-corrected chi connectivity index (χ4v) is 2.79. The summed E-state index contributed by atoms with van der Waals surface area (Å²) in [6.07, 6.45) is 1.34. The summed E-state index contributed by atoms with van der Waals surface area (Å²) in [6.45, 7) is 2.44. The van der Waals surface area contributed by atoms with Gasteiger partial charge in [-0.3, -0.25) is 4.79 Å². The summed E-state index contributed by atoms with van der Waals surface area (Å²) >= 11 is 6.13. The molecule has 1 aromatic heterocycles. The number of aromatic nitrogens is 2. The number of carbonyl (C=O) groups excluding carboxylic acids is 1. The number of halogens is 1. The van der Waals surface area contributed by atoms with E-state index in [1.807, 2.05) is 37.3 Å². The zero-order valence-corrected chi connectivity index (χ0v) is 15.7. The van der Waals surface area contributed by atoms with Crippen molar-refractivity contribution in [2.45, 2.75) is 13.5 Å². The third kappa shape index (κ3) is 4.95. The van der Waals surface area contributed by atoms with Gasteiger partial charge in [0.05, 0.1) is 12.1 Å². The monoisotopic (exact) mass is 382 g/mol. The molecule has 2 N–H and O–H groups in total. The van der Waals surface area contributed by atoms with Crippen LogP contribution in [0.25, 0.3) is 0 Å². The first kappa shape index (κ1) is 18.7. The Bertz CT molecular complexity index is 962. The number of amides is 1. The average molecular weight is 383 g/mol. The van der Waals surface area contributed by atoms with E-state index in [9.17, 15) is 4.79 Å². The van der Waals surface area contributed by atoms with Gasteiger partial charge in [0.1, 0.15) is 23.6 Å². The third-order valence-corrected chi connectivity index (χ3v) is 4.15. The summed E-state index contributed by atoms with van der Waals surface area (Å²) in [6, 6.07) is 14.8. The summed E-state index contributed by atoms with van der Waals surface area (Å²) in [4.78, 5) is 20.6. The van der Waals surface area contributed by atoms with Gasteiger partial charge in [-0.15, -0.1) is 0 Å².